The highest BCUT2D eigenvalue weighted by molar-refractivity contribution is 6.09. The highest BCUT2D eigenvalue weighted by atomic mass is 19.4. The number of carbonyl (C=O) groups excluding carboxylic acids is 1. The smallest absolute Gasteiger partial charge is 0.389 e. The fourth-order valence-electron chi connectivity index (χ4n) is 4.12. The highest BCUT2D eigenvalue weighted by Gasteiger charge is 2.34. The van der Waals surface area contributed by atoms with E-state index in [2.05, 4.69) is 15.5 Å². The molecular weight excluding hydrogens is 483 g/mol. The predicted octanol–water partition coefficient (Wildman–Crippen LogP) is 5.75. The second-order valence-corrected chi connectivity index (χ2v) is 8.64. The first-order valence-corrected chi connectivity index (χ1v) is 11.4. The number of hydrogen-bond acceptors (Lipinski definition) is 4. The van der Waals surface area contributed by atoms with Crippen molar-refractivity contribution in [1.29, 1.82) is 0 Å². The number of aryl methyl sites for hydroxylation is 1. The van der Waals surface area contributed by atoms with Crippen molar-refractivity contribution in [2.45, 2.75) is 19.2 Å². The van der Waals surface area contributed by atoms with Crippen LogP contribution in [0.15, 0.2) is 79.0 Å². The number of hydrogen-bond donors (Lipinski definition) is 2. The van der Waals surface area contributed by atoms with Crippen LogP contribution in [-0.2, 0) is 13.2 Å². The van der Waals surface area contributed by atoms with Crippen LogP contribution < -0.4 is 5.32 Å². The number of nitrogens with one attached hydrogen (secondary N) is 1. The number of nitrogens with zero attached hydrogens (tertiary/aromatic N) is 4. The zero-order chi connectivity index (χ0) is 26.3. The van der Waals surface area contributed by atoms with Gasteiger partial charge in [-0.2, -0.15) is 23.4 Å². The minimum atomic E-state index is -4.62. The lowest BCUT2D eigenvalue weighted by Crippen LogP contribution is -2.16. The quantitative estimate of drug-likeness (QED) is 0.319. The van der Waals surface area contributed by atoms with E-state index in [1.54, 1.807) is 36.9 Å². The van der Waals surface area contributed by atoms with Gasteiger partial charge >= 0.3 is 6.18 Å². The van der Waals surface area contributed by atoms with Crippen LogP contribution in [0.2, 0.25) is 0 Å². The van der Waals surface area contributed by atoms with Crippen LogP contribution in [0, 0.1) is 0 Å². The molecule has 0 aliphatic rings. The molecule has 0 fully saturated rings. The number of benzene rings is 3. The number of aromatic nitrogens is 4. The number of rotatable bonds is 5. The Morgan fingerprint density at radius 3 is 2.41 bits per heavy atom. The first kappa shape index (κ1) is 24.3. The number of alkyl halides is 3. The maximum atomic E-state index is 13.7. The van der Waals surface area contributed by atoms with E-state index in [0.717, 1.165) is 12.1 Å². The molecular formula is C27H22F3N5O2. The Balaban J connectivity index is 1.61. The van der Waals surface area contributed by atoms with Gasteiger partial charge in [-0.1, -0.05) is 24.3 Å². The maximum Gasteiger partial charge on any atom is 0.417 e. The Hall–Kier alpha value is -4.44. The van der Waals surface area contributed by atoms with Gasteiger partial charge in [-0.15, -0.1) is 0 Å². The molecule has 3 aromatic carbocycles. The third-order valence-electron chi connectivity index (χ3n) is 5.99. The number of amides is 1. The largest absolute Gasteiger partial charge is 0.417 e. The van der Waals surface area contributed by atoms with Gasteiger partial charge in [0.25, 0.3) is 5.91 Å². The molecule has 0 aliphatic heterocycles. The van der Waals surface area contributed by atoms with E-state index in [1.165, 1.54) is 23.0 Å². The number of aliphatic hydroxyl groups is 1. The Morgan fingerprint density at radius 1 is 1.00 bits per heavy atom. The molecule has 0 saturated heterocycles. The van der Waals surface area contributed by atoms with Gasteiger partial charge in [0.15, 0.2) is 0 Å². The Kier molecular flexibility index (Phi) is 6.04. The second kappa shape index (κ2) is 9.21. The number of halogens is 3. The normalized spacial score (nSPS) is 12.6. The summed E-state index contributed by atoms with van der Waals surface area (Å²) in [6.45, 7) is 1.63. The highest BCUT2D eigenvalue weighted by Crippen LogP contribution is 2.37. The van der Waals surface area contributed by atoms with Gasteiger partial charge in [-0.05, 0) is 61.0 Å². The molecule has 7 nitrogen and oxygen atoms in total. The first-order valence-electron chi connectivity index (χ1n) is 11.4. The summed E-state index contributed by atoms with van der Waals surface area (Å²) in [5, 5.41) is 22.2. The third kappa shape index (κ3) is 4.70. The second-order valence-electron chi connectivity index (χ2n) is 8.64. The van der Waals surface area contributed by atoms with Crippen molar-refractivity contribution < 1.29 is 23.1 Å². The minimum Gasteiger partial charge on any atom is -0.389 e. The van der Waals surface area contributed by atoms with Crippen molar-refractivity contribution in [1.82, 2.24) is 19.6 Å². The Bertz CT molecular complexity index is 1600. The van der Waals surface area contributed by atoms with E-state index >= 15 is 0 Å². The molecule has 1 atom stereocenters. The van der Waals surface area contributed by atoms with Crippen LogP contribution in [-0.4, -0.2) is 30.6 Å². The summed E-state index contributed by atoms with van der Waals surface area (Å²) in [5.41, 5.74) is 0.921. The lowest BCUT2D eigenvalue weighted by Gasteiger charge is -2.14. The van der Waals surface area contributed by atoms with Crippen LogP contribution >= 0.6 is 0 Å². The number of para-hydroxylation sites is 1. The van der Waals surface area contributed by atoms with Crippen LogP contribution in [0.1, 0.15) is 34.5 Å². The molecule has 1 amide bonds. The van der Waals surface area contributed by atoms with E-state index in [-0.39, 0.29) is 16.8 Å². The summed E-state index contributed by atoms with van der Waals surface area (Å²) in [7, 11) is 1.60. The summed E-state index contributed by atoms with van der Waals surface area (Å²) in [5.74, 6) is -0.291. The average Bonchev–Trinajstić information content (AvgIpc) is 3.47. The molecule has 0 spiro atoms. The van der Waals surface area contributed by atoms with E-state index in [4.69, 9.17) is 0 Å². The summed E-state index contributed by atoms with van der Waals surface area (Å²) < 4.78 is 44.1. The monoisotopic (exact) mass is 505 g/mol. The molecule has 0 aliphatic carbocycles. The van der Waals surface area contributed by atoms with E-state index in [9.17, 15) is 23.1 Å². The van der Waals surface area contributed by atoms with Gasteiger partial charge in [0.2, 0.25) is 0 Å². The van der Waals surface area contributed by atoms with Crippen molar-refractivity contribution in [2.75, 3.05) is 5.32 Å². The van der Waals surface area contributed by atoms with E-state index < -0.39 is 23.8 Å². The topological polar surface area (TPSA) is 85.0 Å². The molecule has 0 unspecified atom stereocenters. The average molecular weight is 506 g/mol. The minimum absolute atomic E-state index is 0.0225. The third-order valence-corrected chi connectivity index (χ3v) is 5.99. The van der Waals surface area contributed by atoms with Gasteiger partial charge < -0.3 is 10.4 Å². The summed E-state index contributed by atoms with van der Waals surface area (Å²) in [4.78, 5) is 13.4. The predicted molar refractivity (Wildman–Crippen MR) is 133 cm³/mol. The summed E-state index contributed by atoms with van der Waals surface area (Å²) in [6, 6.07) is 19.0. The first-order chi connectivity index (χ1) is 17.6. The zero-order valence-electron chi connectivity index (χ0n) is 19.9. The van der Waals surface area contributed by atoms with Crippen LogP contribution in [0.25, 0.3) is 27.8 Å². The molecule has 37 heavy (non-hydrogen) atoms. The van der Waals surface area contributed by atoms with Crippen molar-refractivity contribution in [3.05, 3.63) is 95.7 Å². The summed E-state index contributed by atoms with van der Waals surface area (Å²) >= 11 is 0. The molecule has 2 N–H and O–H groups in total. The van der Waals surface area contributed by atoms with Crippen LogP contribution in [0.3, 0.4) is 0 Å². The molecule has 5 rings (SSSR count). The van der Waals surface area contributed by atoms with Crippen LogP contribution in [0.4, 0.5) is 19.0 Å². The van der Waals surface area contributed by atoms with Gasteiger partial charge in [-0.3, -0.25) is 9.48 Å². The molecule has 0 saturated carbocycles. The Morgan fingerprint density at radius 2 is 1.76 bits per heavy atom. The van der Waals surface area contributed by atoms with Crippen molar-refractivity contribution in [3.8, 4) is 16.9 Å². The lowest BCUT2D eigenvalue weighted by atomic mass is 10.0. The van der Waals surface area contributed by atoms with Gasteiger partial charge in [0, 0.05) is 29.8 Å². The summed E-state index contributed by atoms with van der Waals surface area (Å²) in [6.07, 6.45) is -3.84. The maximum absolute atomic E-state index is 13.7. The fraction of sp³-hybridized carbons (Fsp3) is 0.148. The standard InChI is InChI=1S/C27H22F3N5O2/c1-16(36)17-9-11-23-21(14-17)25(35(33-23)19-6-4-3-5-7-19)31-26(37)18-8-10-22(27(28,29)30)20(15-18)24-12-13-34(2)32-24/h3-16,36H,1-2H3,(H,31,37)/t16-/m1/s1. The van der Waals surface area contributed by atoms with Crippen molar-refractivity contribution >= 4 is 22.6 Å². The number of fused-ring (bicyclic) bond motifs is 1. The molecule has 0 bridgehead atoms. The molecule has 2 heterocycles. The Labute approximate surface area is 209 Å². The molecule has 5 aromatic rings. The van der Waals surface area contributed by atoms with Gasteiger partial charge in [0.1, 0.15) is 5.82 Å². The zero-order valence-corrected chi connectivity index (χ0v) is 19.9. The molecule has 2 aromatic heterocycles. The molecule has 0 radical (unpaired) electrons. The SMILES string of the molecule is C[C@@H](O)c1ccc2nn(-c3ccccc3)c(NC(=O)c3ccc(C(F)(F)F)c(-c4ccn(C)n4)c3)c2c1. The molecule has 188 valence electrons. The fourth-order valence-corrected chi connectivity index (χ4v) is 4.12. The van der Waals surface area contributed by atoms with E-state index in [1.807, 2.05) is 30.3 Å². The van der Waals surface area contributed by atoms with Crippen molar-refractivity contribution in [2.24, 2.45) is 7.05 Å². The number of anilines is 1. The van der Waals surface area contributed by atoms with E-state index in [0.29, 0.717) is 28.0 Å². The number of aliphatic hydroxyl groups excluding tert-OH is 1. The molecule has 10 heteroatoms. The van der Waals surface area contributed by atoms with Gasteiger partial charge in [0.05, 0.1) is 28.6 Å². The van der Waals surface area contributed by atoms with Gasteiger partial charge in [-0.25, -0.2) is 4.68 Å². The lowest BCUT2D eigenvalue weighted by molar-refractivity contribution is -0.137. The van der Waals surface area contributed by atoms with Crippen LogP contribution in [0.5, 0.6) is 0 Å². The number of carbonyl (C=O) groups is 1. The van der Waals surface area contributed by atoms with Crippen molar-refractivity contribution in [3.63, 3.8) is 0 Å².